The van der Waals surface area contributed by atoms with Crippen LogP contribution >= 0.6 is 0 Å². The van der Waals surface area contributed by atoms with Crippen LogP contribution in [0.2, 0.25) is 0 Å². The highest BCUT2D eigenvalue weighted by Gasteiger charge is 2.21. The summed E-state index contributed by atoms with van der Waals surface area (Å²) in [6.45, 7) is 3.91. The first-order chi connectivity index (χ1) is 6.56. The number of nitrogens with one attached hydrogen (secondary N) is 2. The molecule has 1 rings (SSSR count). The Balaban J connectivity index is 3.13. The van der Waals surface area contributed by atoms with E-state index in [1.165, 1.54) is 0 Å². The number of hydrogen-bond donors (Lipinski definition) is 3. The molecule has 0 amide bonds. The highest BCUT2D eigenvalue weighted by Crippen LogP contribution is 2.14. The summed E-state index contributed by atoms with van der Waals surface area (Å²) in [5.74, 6) is 0.183. The Morgan fingerprint density at radius 2 is 2.07 bits per heavy atom. The van der Waals surface area contributed by atoms with Gasteiger partial charge in [-0.3, -0.25) is 5.41 Å². The summed E-state index contributed by atoms with van der Waals surface area (Å²) in [4.78, 5) is 7.48. The first-order valence-electron chi connectivity index (χ1n) is 4.39. The Labute approximate surface area is 82.8 Å². The van der Waals surface area contributed by atoms with Crippen LogP contribution in [0.4, 0.5) is 0 Å². The monoisotopic (exact) mass is 194 g/mol. The summed E-state index contributed by atoms with van der Waals surface area (Å²) in [7, 11) is 1.75. The molecule has 1 heterocycles. The molecule has 14 heavy (non-hydrogen) atoms. The molecule has 1 aliphatic heterocycles. The second-order valence-corrected chi connectivity index (χ2v) is 3.26. The van der Waals surface area contributed by atoms with Gasteiger partial charge in [0, 0.05) is 13.2 Å². The van der Waals surface area contributed by atoms with Crippen molar-refractivity contribution >= 4 is 17.6 Å². The maximum atomic E-state index is 9.16. The van der Waals surface area contributed by atoms with E-state index in [4.69, 9.17) is 10.5 Å². The number of aliphatic imine (C=N–C) groups is 2. The Morgan fingerprint density at radius 1 is 1.43 bits per heavy atom. The zero-order chi connectivity index (χ0) is 10.7. The number of aliphatic hydroxyl groups excluding tert-OH is 1. The minimum Gasteiger partial charge on any atom is -0.479 e. The molecule has 0 aromatic carbocycles. The molecule has 0 saturated carbocycles. The minimum absolute atomic E-state index is 0.0375. The topological polar surface area (TPSA) is 80.8 Å². The first-order valence-corrected chi connectivity index (χ1v) is 4.39. The van der Waals surface area contributed by atoms with E-state index in [0.717, 1.165) is 0 Å². The lowest BCUT2D eigenvalue weighted by Gasteiger charge is -2.16. The van der Waals surface area contributed by atoms with Crippen molar-refractivity contribution in [3.05, 3.63) is 11.8 Å². The molecule has 0 radical (unpaired) electrons. The molecular formula is C9H14N4O. The van der Waals surface area contributed by atoms with Crippen LogP contribution in [-0.2, 0) is 0 Å². The summed E-state index contributed by atoms with van der Waals surface area (Å²) < 4.78 is 0. The second kappa shape index (κ2) is 4.04. The summed E-state index contributed by atoms with van der Waals surface area (Å²) in [6, 6.07) is -0.341. The van der Waals surface area contributed by atoms with Gasteiger partial charge in [-0.25, -0.2) is 0 Å². The molecule has 0 aromatic rings. The molecule has 0 aliphatic carbocycles. The van der Waals surface area contributed by atoms with Crippen LogP contribution in [0.15, 0.2) is 21.8 Å². The molecule has 0 fully saturated rings. The maximum absolute atomic E-state index is 9.16. The van der Waals surface area contributed by atoms with Crippen LogP contribution in [0.3, 0.4) is 0 Å². The number of aliphatic hydroxyl groups is 1. The second-order valence-electron chi connectivity index (χ2n) is 3.26. The number of nitrogens with zero attached hydrogens (tertiary/aromatic N) is 2. The Morgan fingerprint density at radius 3 is 2.57 bits per heavy atom. The maximum Gasteiger partial charge on any atom is 0.316 e. The minimum atomic E-state index is -0.341. The smallest absolute Gasteiger partial charge is 0.316 e. The van der Waals surface area contributed by atoms with E-state index in [0.29, 0.717) is 11.3 Å². The van der Waals surface area contributed by atoms with Gasteiger partial charge in [0.2, 0.25) is 0 Å². The van der Waals surface area contributed by atoms with Crippen LogP contribution in [0.1, 0.15) is 13.8 Å². The van der Waals surface area contributed by atoms with Gasteiger partial charge in [0.15, 0.2) is 5.84 Å². The van der Waals surface area contributed by atoms with Crippen molar-refractivity contribution in [3.8, 4) is 0 Å². The molecule has 5 nitrogen and oxygen atoms in total. The molecule has 0 unspecified atom stereocenters. The third-order valence-corrected chi connectivity index (χ3v) is 1.80. The highest BCUT2D eigenvalue weighted by molar-refractivity contribution is 6.29. The van der Waals surface area contributed by atoms with Crippen molar-refractivity contribution in [2.75, 3.05) is 7.05 Å². The van der Waals surface area contributed by atoms with Crippen LogP contribution < -0.4 is 5.32 Å². The quantitative estimate of drug-likeness (QED) is 0.615. The summed E-state index contributed by atoms with van der Waals surface area (Å²) in [5, 5.41) is 19.6. The largest absolute Gasteiger partial charge is 0.479 e. The highest BCUT2D eigenvalue weighted by atomic mass is 16.3. The molecule has 0 saturated heterocycles. The van der Waals surface area contributed by atoms with Crippen molar-refractivity contribution in [2.45, 2.75) is 13.8 Å². The van der Waals surface area contributed by atoms with E-state index in [2.05, 4.69) is 15.3 Å². The summed E-state index contributed by atoms with van der Waals surface area (Å²) in [5.41, 5.74) is 1.30. The normalized spacial score (nSPS) is 19.7. The third-order valence-electron chi connectivity index (χ3n) is 1.80. The SMILES string of the molecule is CN/C=C1\C(=N)N=C(O)N=C1C(C)C. The Bertz CT molecular complexity index is 339. The summed E-state index contributed by atoms with van der Waals surface area (Å²) in [6.07, 6.45) is 1.66. The van der Waals surface area contributed by atoms with Crippen molar-refractivity contribution < 1.29 is 5.11 Å². The summed E-state index contributed by atoms with van der Waals surface area (Å²) >= 11 is 0. The molecule has 3 N–H and O–H groups in total. The van der Waals surface area contributed by atoms with Gasteiger partial charge >= 0.3 is 6.02 Å². The molecule has 0 bridgehead atoms. The van der Waals surface area contributed by atoms with Gasteiger partial charge in [0.1, 0.15) is 0 Å². The predicted octanol–water partition coefficient (Wildman–Crippen LogP) is 1.09. The molecule has 76 valence electrons. The average Bonchev–Trinajstić information content (AvgIpc) is 2.09. The van der Waals surface area contributed by atoms with E-state index in [1.54, 1.807) is 13.2 Å². The van der Waals surface area contributed by atoms with Crippen molar-refractivity contribution in [3.63, 3.8) is 0 Å². The number of amidine groups is 2. The molecule has 0 spiro atoms. The molecular weight excluding hydrogens is 180 g/mol. The standard InChI is InChI=1S/C9H14N4O/c1-5(2)7-6(4-11-3)8(10)13-9(14)12-7/h4-5,11H,1-3H3,(H2,10,13,14)/b6-4-. The predicted molar refractivity (Wildman–Crippen MR) is 57.2 cm³/mol. The van der Waals surface area contributed by atoms with Gasteiger partial charge in [0.05, 0.1) is 11.3 Å². The fourth-order valence-corrected chi connectivity index (χ4v) is 1.20. The number of hydrogen-bond acceptors (Lipinski definition) is 3. The molecule has 1 aliphatic rings. The zero-order valence-corrected chi connectivity index (χ0v) is 8.50. The lowest BCUT2D eigenvalue weighted by Crippen LogP contribution is -2.24. The van der Waals surface area contributed by atoms with E-state index in [9.17, 15) is 0 Å². The molecule has 0 atom stereocenters. The fraction of sp³-hybridized carbons (Fsp3) is 0.444. The molecule has 5 heteroatoms. The van der Waals surface area contributed by atoms with Gasteiger partial charge in [-0.2, -0.15) is 9.98 Å². The Kier molecular flexibility index (Phi) is 3.01. The van der Waals surface area contributed by atoms with E-state index in [-0.39, 0.29) is 17.8 Å². The van der Waals surface area contributed by atoms with Gasteiger partial charge < -0.3 is 10.4 Å². The van der Waals surface area contributed by atoms with Gasteiger partial charge in [-0.05, 0) is 5.92 Å². The van der Waals surface area contributed by atoms with Crippen LogP contribution in [-0.4, -0.2) is 29.7 Å². The first kappa shape index (κ1) is 10.4. The molecule has 0 aromatic heterocycles. The van der Waals surface area contributed by atoms with Crippen molar-refractivity contribution in [1.29, 1.82) is 5.41 Å². The van der Waals surface area contributed by atoms with Crippen LogP contribution in [0, 0.1) is 11.3 Å². The van der Waals surface area contributed by atoms with Gasteiger partial charge in [-0.1, -0.05) is 13.8 Å². The van der Waals surface area contributed by atoms with Crippen LogP contribution in [0.5, 0.6) is 0 Å². The van der Waals surface area contributed by atoms with Crippen molar-refractivity contribution in [1.82, 2.24) is 5.32 Å². The lowest BCUT2D eigenvalue weighted by molar-refractivity contribution is 0.543. The number of rotatable bonds is 2. The van der Waals surface area contributed by atoms with Crippen molar-refractivity contribution in [2.24, 2.45) is 15.9 Å². The Hall–Kier alpha value is -1.65. The third kappa shape index (κ3) is 1.99. The van der Waals surface area contributed by atoms with Gasteiger partial charge in [-0.15, -0.1) is 0 Å². The fourth-order valence-electron chi connectivity index (χ4n) is 1.20. The lowest BCUT2D eigenvalue weighted by atomic mass is 9.99. The van der Waals surface area contributed by atoms with Crippen LogP contribution in [0.25, 0.3) is 0 Å². The van der Waals surface area contributed by atoms with E-state index < -0.39 is 0 Å². The average molecular weight is 194 g/mol. The van der Waals surface area contributed by atoms with E-state index >= 15 is 0 Å². The van der Waals surface area contributed by atoms with E-state index in [1.807, 2.05) is 13.8 Å². The van der Waals surface area contributed by atoms with Gasteiger partial charge in [0.25, 0.3) is 0 Å². The zero-order valence-electron chi connectivity index (χ0n) is 8.50.